The fraction of sp³-hybridized carbons (Fsp3) is 0.933. The SMILES string of the molecule is CC1(CO)CCCC1NC(=O)CC1(O)CCCCC1. The van der Waals surface area contributed by atoms with E-state index in [9.17, 15) is 15.0 Å². The zero-order valence-electron chi connectivity index (χ0n) is 12.0. The minimum absolute atomic E-state index is 0.0530. The van der Waals surface area contributed by atoms with E-state index in [0.717, 1.165) is 51.4 Å². The number of aliphatic hydroxyl groups is 2. The summed E-state index contributed by atoms with van der Waals surface area (Å²) in [6.07, 6.45) is 7.82. The normalized spacial score (nSPS) is 34.2. The molecule has 2 unspecified atom stereocenters. The number of rotatable bonds is 4. The molecule has 0 aromatic carbocycles. The number of carbonyl (C=O) groups is 1. The Labute approximate surface area is 115 Å². The quantitative estimate of drug-likeness (QED) is 0.728. The number of aliphatic hydroxyl groups excluding tert-OH is 1. The van der Waals surface area contributed by atoms with Gasteiger partial charge in [-0.05, 0) is 25.7 Å². The summed E-state index contributed by atoms with van der Waals surface area (Å²) < 4.78 is 0. The largest absolute Gasteiger partial charge is 0.396 e. The summed E-state index contributed by atoms with van der Waals surface area (Å²) in [5.41, 5.74) is -0.985. The van der Waals surface area contributed by atoms with Crippen molar-refractivity contribution in [3.8, 4) is 0 Å². The Balaban J connectivity index is 1.87. The number of amides is 1. The summed E-state index contributed by atoms with van der Waals surface area (Å²) in [5.74, 6) is -0.0593. The molecule has 4 nitrogen and oxygen atoms in total. The van der Waals surface area contributed by atoms with Crippen LogP contribution in [0.15, 0.2) is 0 Å². The van der Waals surface area contributed by atoms with Gasteiger partial charge in [0.15, 0.2) is 0 Å². The molecule has 2 aliphatic rings. The molecule has 0 radical (unpaired) electrons. The van der Waals surface area contributed by atoms with Crippen molar-refractivity contribution in [2.24, 2.45) is 5.41 Å². The minimum Gasteiger partial charge on any atom is -0.396 e. The standard InChI is InChI=1S/C15H27NO3/c1-14(11-17)7-5-6-12(14)16-13(18)10-15(19)8-3-2-4-9-15/h12,17,19H,2-11H2,1H3,(H,16,18). The van der Waals surface area contributed by atoms with E-state index in [2.05, 4.69) is 5.32 Å². The molecule has 2 aliphatic carbocycles. The average molecular weight is 269 g/mol. The summed E-state index contributed by atoms with van der Waals surface area (Å²) in [6.45, 7) is 2.14. The molecule has 2 fully saturated rings. The fourth-order valence-corrected chi connectivity index (χ4v) is 3.60. The molecule has 0 saturated heterocycles. The maximum Gasteiger partial charge on any atom is 0.223 e. The predicted octanol–water partition coefficient (Wildman–Crippen LogP) is 1.74. The molecule has 0 aromatic rings. The molecule has 0 spiro atoms. The first-order valence-corrected chi connectivity index (χ1v) is 7.60. The lowest BCUT2D eigenvalue weighted by Crippen LogP contribution is -2.47. The van der Waals surface area contributed by atoms with Crippen LogP contribution in [-0.4, -0.2) is 34.4 Å². The average Bonchev–Trinajstić information content (AvgIpc) is 2.72. The second-order valence-corrected chi connectivity index (χ2v) is 6.79. The Morgan fingerprint density at radius 1 is 1.21 bits per heavy atom. The van der Waals surface area contributed by atoms with Crippen molar-refractivity contribution in [2.45, 2.75) is 76.4 Å². The molecule has 2 atom stereocenters. The van der Waals surface area contributed by atoms with Crippen molar-refractivity contribution in [3.05, 3.63) is 0 Å². The van der Waals surface area contributed by atoms with Crippen molar-refractivity contribution in [2.75, 3.05) is 6.61 Å². The van der Waals surface area contributed by atoms with E-state index in [4.69, 9.17) is 0 Å². The third kappa shape index (κ3) is 3.48. The molecule has 2 rings (SSSR count). The molecule has 4 heteroatoms. The van der Waals surface area contributed by atoms with Gasteiger partial charge in [-0.1, -0.05) is 32.6 Å². The highest BCUT2D eigenvalue weighted by Gasteiger charge is 2.40. The Morgan fingerprint density at radius 3 is 2.53 bits per heavy atom. The maximum absolute atomic E-state index is 12.1. The summed E-state index contributed by atoms with van der Waals surface area (Å²) in [7, 11) is 0. The van der Waals surface area contributed by atoms with Crippen LogP contribution in [0, 0.1) is 5.41 Å². The fourth-order valence-electron chi connectivity index (χ4n) is 3.60. The van der Waals surface area contributed by atoms with Gasteiger partial charge in [-0.2, -0.15) is 0 Å². The van der Waals surface area contributed by atoms with Crippen LogP contribution in [0.5, 0.6) is 0 Å². The van der Waals surface area contributed by atoms with Crippen LogP contribution in [0.2, 0.25) is 0 Å². The molecule has 1 amide bonds. The number of nitrogens with one attached hydrogen (secondary N) is 1. The third-order valence-electron chi connectivity index (χ3n) is 5.05. The Bertz CT molecular complexity index is 325. The number of carbonyl (C=O) groups excluding carboxylic acids is 1. The van der Waals surface area contributed by atoms with E-state index < -0.39 is 5.60 Å². The van der Waals surface area contributed by atoms with Crippen LogP contribution >= 0.6 is 0 Å². The highest BCUT2D eigenvalue weighted by Crippen LogP contribution is 2.38. The van der Waals surface area contributed by atoms with E-state index in [1.165, 1.54) is 0 Å². The van der Waals surface area contributed by atoms with E-state index in [1.54, 1.807) is 0 Å². The van der Waals surface area contributed by atoms with Crippen molar-refractivity contribution in [1.82, 2.24) is 5.32 Å². The summed E-state index contributed by atoms with van der Waals surface area (Å²) >= 11 is 0. The second kappa shape index (κ2) is 5.80. The molecular formula is C15H27NO3. The van der Waals surface area contributed by atoms with Crippen LogP contribution in [-0.2, 0) is 4.79 Å². The van der Waals surface area contributed by atoms with E-state index in [-0.39, 0.29) is 30.4 Å². The van der Waals surface area contributed by atoms with Crippen LogP contribution < -0.4 is 5.32 Å². The lowest BCUT2D eigenvalue weighted by molar-refractivity contribution is -0.129. The summed E-state index contributed by atoms with van der Waals surface area (Å²) in [4.78, 5) is 12.1. The van der Waals surface area contributed by atoms with E-state index in [0.29, 0.717) is 0 Å². The van der Waals surface area contributed by atoms with Gasteiger partial charge in [-0.15, -0.1) is 0 Å². The third-order valence-corrected chi connectivity index (χ3v) is 5.05. The van der Waals surface area contributed by atoms with Gasteiger partial charge in [0.1, 0.15) is 0 Å². The smallest absolute Gasteiger partial charge is 0.223 e. The summed E-state index contributed by atoms with van der Waals surface area (Å²) in [5, 5.41) is 22.9. The van der Waals surface area contributed by atoms with Crippen molar-refractivity contribution in [1.29, 1.82) is 0 Å². The molecule has 0 bridgehead atoms. The molecular weight excluding hydrogens is 242 g/mol. The molecule has 0 heterocycles. The van der Waals surface area contributed by atoms with Gasteiger partial charge in [0.05, 0.1) is 18.6 Å². The van der Waals surface area contributed by atoms with Gasteiger partial charge in [-0.25, -0.2) is 0 Å². The summed E-state index contributed by atoms with van der Waals surface area (Å²) in [6, 6.07) is 0.0530. The monoisotopic (exact) mass is 269 g/mol. The highest BCUT2D eigenvalue weighted by atomic mass is 16.3. The zero-order chi connectivity index (χ0) is 13.9. The van der Waals surface area contributed by atoms with Gasteiger partial charge < -0.3 is 15.5 Å². The first kappa shape index (κ1) is 14.8. The molecule has 3 N–H and O–H groups in total. The van der Waals surface area contributed by atoms with Gasteiger partial charge in [0.25, 0.3) is 0 Å². The second-order valence-electron chi connectivity index (χ2n) is 6.79. The predicted molar refractivity (Wildman–Crippen MR) is 73.6 cm³/mol. The van der Waals surface area contributed by atoms with Crippen molar-refractivity contribution >= 4 is 5.91 Å². The Kier molecular flexibility index (Phi) is 4.51. The molecule has 0 aliphatic heterocycles. The zero-order valence-corrected chi connectivity index (χ0v) is 12.0. The molecule has 19 heavy (non-hydrogen) atoms. The van der Waals surface area contributed by atoms with Crippen LogP contribution in [0.25, 0.3) is 0 Å². The lowest BCUT2D eigenvalue weighted by Gasteiger charge is -2.34. The van der Waals surface area contributed by atoms with E-state index in [1.807, 2.05) is 6.92 Å². The van der Waals surface area contributed by atoms with Gasteiger partial charge in [0.2, 0.25) is 5.91 Å². The number of hydrogen-bond acceptors (Lipinski definition) is 3. The highest BCUT2D eigenvalue weighted by molar-refractivity contribution is 5.77. The Morgan fingerprint density at radius 2 is 1.89 bits per heavy atom. The molecule has 0 aromatic heterocycles. The van der Waals surface area contributed by atoms with Crippen LogP contribution in [0.4, 0.5) is 0 Å². The molecule has 110 valence electrons. The lowest BCUT2D eigenvalue weighted by atomic mass is 9.81. The molecule has 2 saturated carbocycles. The maximum atomic E-state index is 12.1. The van der Waals surface area contributed by atoms with Gasteiger partial charge >= 0.3 is 0 Å². The van der Waals surface area contributed by atoms with Crippen LogP contribution in [0.3, 0.4) is 0 Å². The minimum atomic E-state index is -0.795. The first-order chi connectivity index (χ1) is 8.97. The Hall–Kier alpha value is -0.610. The van der Waals surface area contributed by atoms with Gasteiger partial charge in [-0.3, -0.25) is 4.79 Å². The topological polar surface area (TPSA) is 69.6 Å². The van der Waals surface area contributed by atoms with Crippen molar-refractivity contribution in [3.63, 3.8) is 0 Å². The van der Waals surface area contributed by atoms with Gasteiger partial charge in [0, 0.05) is 11.5 Å². The first-order valence-electron chi connectivity index (χ1n) is 7.60. The van der Waals surface area contributed by atoms with E-state index >= 15 is 0 Å². The number of hydrogen-bond donors (Lipinski definition) is 3. The van der Waals surface area contributed by atoms with Crippen LogP contribution in [0.1, 0.15) is 64.7 Å². The van der Waals surface area contributed by atoms with Crippen molar-refractivity contribution < 1.29 is 15.0 Å².